The summed E-state index contributed by atoms with van der Waals surface area (Å²) in [5.41, 5.74) is 1.02. The molecule has 0 aliphatic carbocycles. The van der Waals surface area contributed by atoms with E-state index in [1.165, 1.54) is 0 Å². The van der Waals surface area contributed by atoms with Crippen molar-refractivity contribution >= 4 is 5.69 Å². The zero-order valence-corrected chi connectivity index (χ0v) is 12.8. The largest absolute Gasteiger partial charge is 0.490 e. The van der Waals surface area contributed by atoms with Crippen molar-refractivity contribution in [2.24, 2.45) is 0 Å². The second-order valence-electron chi connectivity index (χ2n) is 4.97. The fraction of sp³-hybridized carbons (Fsp3) is 0.158. The minimum atomic E-state index is 0.508. The van der Waals surface area contributed by atoms with Crippen LogP contribution in [0.4, 0.5) is 5.69 Å². The van der Waals surface area contributed by atoms with Crippen molar-refractivity contribution in [2.45, 2.75) is 6.54 Å². The molecular formula is C19H19NO3. The van der Waals surface area contributed by atoms with Crippen LogP contribution in [0.2, 0.25) is 0 Å². The quantitative estimate of drug-likeness (QED) is 0.628. The van der Waals surface area contributed by atoms with E-state index < -0.39 is 0 Å². The number of hydrogen-bond donors (Lipinski definition) is 1. The summed E-state index contributed by atoms with van der Waals surface area (Å²) in [7, 11) is 0. The number of ether oxygens (including phenoxy) is 2. The summed E-state index contributed by atoms with van der Waals surface area (Å²) >= 11 is 0. The fourth-order valence-corrected chi connectivity index (χ4v) is 2.11. The maximum absolute atomic E-state index is 5.66. The summed E-state index contributed by atoms with van der Waals surface area (Å²) in [6, 6.07) is 21.4. The second-order valence-corrected chi connectivity index (χ2v) is 4.97. The van der Waals surface area contributed by atoms with Gasteiger partial charge in [-0.2, -0.15) is 0 Å². The first kappa shape index (κ1) is 15.0. The first-order valence-electron chi connectivity index (χ1n) is 7.57. The molecule has 1 aromatic heterocycles. The van der Waals surface area contributed by atoms with Crippen LogP contribution in [0.3, 0.4) is 0 Å². The van der Waals surface area contributed by atoms with Gasteiger partial charge in [-0.05, 0) is 48.5 Å². The second kappa shape index (κ2) is 7.94. The Morgan fingerprint density at radius 3 is 2.09 bits per heavy atom. The van der Waals surface area contributed by atoms with Crippen LogP contribution >= 0.6 is 0 Å². The molecule has 0 aliphatic heterocycles. The number of nitrogens with one attached hydrogen (secondary N) is 1. The summed E-state index contributed by atoms with van der Waals surface area (Å²) in [6.07, 6.45) is 1.67. The SMILES string of the molecule is c1ccc(OCCOc2ccc(NCc3ccco3)cc2)cc1. The number of para-hydroxylation sites is 1. The number of anilines is 1. The van der Waals surface area contributed by atoms with E-state index >= 15 is 0 Å². The molecule has 2 aromatic carbocycles. The molecule has 3 rings (SSSR count). The van der Waals surface area contributed by atoms with E-state index in [-0.39, 0.29) is 0 Å². The summed E-state index contributed by atoms with van der Waals surface area (Å²) in [6.45, 7) is 1.69. The van der Waals surface area contributed by atoms with E-state index in [4.69, 9.17) is 13.9 Å². The fourth-order valence-electron chi connectivity index (χ4n) is 2.11. The van der Waals surface area contributed by atoms with Gasteiger partial charge in [0.05, 0.1) is 12.8 Å². The van der Waals surface area contributed by atoms with E-state index in [1.807, 2.05) is 66.7 Å². The van der Waals surface area contributed by atoms with Crippen molar-refractivity contribution in [3.63, 3.8) is 0 Å². The maximum Gasteiger partial charge on any atom is 0.122 e. The molecule has 0 saturated heterocycles. The van der Waals surface area contributed by atoms with Gasteiger partial charge in [0.2, 0.25) is 0 Å². The predicted molar refractivity (Wildman–Crippen MR) is 89.9 cm³/mol. The monoisotopic (exact) mass is 309 g/mol. The van der Waals surface area contributed by atoms with Crippen LogP contribution in [0.1, 0.15) is 5.76 Å². The molecule has 3 aromatic rings. The van der Waals surface area contributed by atoms with Crippen molar-refractivity contribution in [3.8, 4) is 11.5 Å². The summed E-state index contributed by atoms with van der Waals surface area (Å²) in [5.74, 6) is 2.59. The van der Waals surface area contributed by atoms with Crippen molar-refractivity contribution < 1.29 is 13.9 Å². The van der Waals surface area contributed by atoms with Gasteiger partial charge in [-0.1, -0.05) is 18.2 Å². The van der Waals surface area contributed by atoms with Gasteiger partial charge in [-0.15, -0.1) is 0 Å². The molecule has 4 heteroatoms. The van der Waals surface area contributed by atoms with Gasteiger partial charge in [0.1, 0.15) is 30.5 Å². The van der Waals surface area contributed by atoms with E-state index in [2.05, 4.69) is 5.32 Å². The number of rotatable bonds is 8. The Morgan fingerprint density at radius 1 is 0.739 bits per heavy atom. The number of hydrogen-bond acceptors (Lipinski definition) is 4. The highest BCUT2D eigenvalue weighted by Crippen LogP contribution is 2.16. The van der Waals surface area contributed by atoms with Gasteiger partial charge in [0, 0.05) is 5.69 Å². The van der Waals surface area contributed by atoms with Crippen LogP contribution in [0, 0.1) is 0 Å². The van der Waals surface area contributed by atoms with Gasteiger partial charge in [0.15, 0.2) is 0 Å². The molecule has 0 aliphatic rings. The van der Waals surface area contributed by atoms with Gasteiger partial charge in [-0.3, -0.25) is 0 Å². The van der Waals surface area contributed by atoms with Crippen molar-refractivity contribution in [1.29, 1.82) is 0 Å². The molecule has 1 heterocycles. The highest BCUT2D eigenvalue weighted by Gasteiger charge is 1.98. The molecule has 0 saturated carbocycles. The number of benzene rings is 2. The Bertz CT molecular complexity index is 678. The van der Waals surface area contributed by atoms with Gasteiger partial charge < -0.3 is 19.2 Å². The lowest BCUT2D eigenvalue weighted by molar-refractivity contribution is 0.217. The van der Waals surface area contributed by atoms with E-state index in [1.54, 1.807) is 6.26 Å². The molecule has 4 nitrogen and oxygen atoms in total. The van der Waals surface area contributed by atoms with E-state index in [0.717, 1.165) is 22.9 Å². The summed E-state index contributed by atoms with van der Waals surface area (Å²) < 4.78 is 16.5. The normalized spacial score (nSPS) is 10.3. The molecule has 23 heavy (non-hydrogen) atoms. The standard InChI is InChI=1S/C19H19NO3/c1-2-5-17(6-3-1)22-13-14-23-18-10-8-16(9-11-18)20-15-19-7-4-12-21-19/h1-12,20H,13-15H2. The lowest BCUT2D eigenvalue weighted by atomic mass is 10.3. The summed E-state index contributed by atoms with van der Waals surface area (Å²) in [5, 5.41) is 3.29. The molecule has 118 valence electrons. The lowest BCUT2D eigenvalue weighted by Gasteiger charge is -2.09. The Balaban J connectivity index is 1.39. The highest BCUT2D eigenvalue weighted by molar-refractivity contribution is 5.46. The zero-order valence-electron chi connectivity index (χ0n) is 12.8. The van der Waals surface area contributed by atoms with Crippen molar-refractivity contribution in [3.05, 3.63) is 78.8 Å². The number of furan rings is 1. The topological polar surface area (TPSA) is 43.6 Å². The van der Waals surface area contributed by atoms with Crippen molar-refractivity contribution in [2.75, 3.05) is 18.5 Å². The third kappa shape index (κ3) is 4.81. The molecule has 0 bridgehead atoms. The third-order valence-corrected chi connectivity index (χ3v) is 3.27. The van der Waals surface area contributed by atoms with Crippen LogP contribution in [-0.4, -0.2) is 13.2 Å². The average Bonchev–Trinajstić information content (AvgIpc) is 3.12. The Kier molecular flexibility index (Phi) is 5.19. The molecule has 1 N–H and O–H groups in total. The Morgan fingerprint density at radius 2 is 1.43 bits per heavy atom. The average molecular weight is 309 g/mol. The minimum absolute atomic E-state index is 0.508. The van der Waals surface area contributed by atoms with Gasteiger partial charge in [-0.25, -0.2) is 0 Å². The Hall–Kier alpha value is -2.88. The smallest absolute Gasteiger partial charge is 0.122 e. The molecular weight excluding hydrogens is 290 g/mol. The molecule has 0 atom stereocenters. The first-order chi connectivity index (χ1) is 11.4. The Labute approximate surface area is 135 Å². The van der Waals surface area contributed by atoms with Crippen LogP contribution < -0.4 is 14.8 Å². The first-order valence-corrected chi connectivity index (χ1v) is 7.57. The zero-order chi connectivity index (χ0) is 15.7. The molecule has 0 fully saturated rings. The molecule has 0 unspecified atom stereocenters. The lowest BCUT2D eigenvalue weighted by Crippen LogP contribution is -2.08. The van der Waals surface area contributed by atoms with Crippen LogP contribution in [-0.2, 0) is 6.54 Å². The maximum atomic E-state index is 5.66. The molecule has 0 radical (unpaired) electrons. The highest BCUT2D eigenvalue weighted by atomic mass is 16.5. The third-order valence-electron chi connectivity index (χ3n) is 3.27. The van der Waals surface area contributed by atoms with E-state index in [0.29, 0.717) is 19.8 Å². The van der Waals surface area contributed by atoms with Crippen molar-refractivity contribution in [1.82, 2.24) is 0 Å². The predicted octanol–water partition coefficient (Wildman–Crippen LogP) is 4.35. The molecule has 0 spiro atoms. The van der Waals surface area contributed by atoms with E-state index in [9.17, 15) is 0 Å². The van der Waals surface area contributed by atoms with Crippen LogP contribution in [0.25, 0.3) is 0 Å². The van der Waals surface area contributed by atoms with Crippen LogP contribution in [0.15, 0.2) is 77.4 Å². The minimum Gasteiger partial charge on any atom is -0.490 e. The van der Waals surface area contributed by atoms with Crippen LogP contribution in [0.5, 0.6) is 11.5 Å². The van der Waals surface area contributed by atoms with Gasteiger partial charge in [0.25, 0.3) is 0 Å². The molecule has 0 amide bonds. The van der Waals surface area contributed by atoms with Gasteiger partial charge >= 0.3 is 0 Å². The summed E-state index contributed by atoms with van der Waals surface area (Å²) in [4.78, 5) is 0.